The van der Waals surface area contributed by atoms with E-state index in [1.165, 1.54) is 10.9 Å². The number of ether oxygens (including phenoxy) is 3. The molecule has 0 aliphatic heterocycles. The van der Waals surface area contributed by atoms with Crippen LogP contribution in [0.15, 0.2) is 42.6 Å². The lowest BCUT2D eigenvalue weighted by molar-refractivity contribution is 0.324. The summed E-state index contributed by atoms with van der Waals surface area (Å²) in [5.41, 5.74) is 3.16. The quantitative estimate of drug-likeness (QED) is 0.539. The van der Waals surface area contributed by atoms with Crippen molar-refractivity contribution in [1.82, 2.24) is 10.3 Å². The molecule has 142 valence electrons. The highest BCUT2D eigenvalue weighted by Crippen LogP contribution is 2.39. The third-order valence-corrected chi connectivity index (χ3v) is 4.52. The van der Waals surface area contributed by atoms with E-state index in [4.69, 9.17) is 26.4 Å². The fraction of sp³-hybridized carbons (Fsp3) is 0.250. The van der Waals surface area contributed by atoms with Gasteiger partial charge in [0.15, 0.2) is 16.6 Å². The first-order valence-electron chi connectivity index (χ1n) is 8.56. The number of hydrogen-bond donors (Lipinski definition) is 3. The van der Waals surface area contributed by atoms with Crippen molar-refractivity contribution in [2.45, 2.75) is 6.42 Å². The Morgan fingerprint density at radius 2 is 1.74 bits per heavy atom. The molecule has 0 saturated carbocycles. The van der Waals surface area contributed by atoms with Gasteiger partial charge in [-0.15, -0.1) is 0 Å². The Bertz CT molecular complexity index is 914. The van der Waals surface area contributed by atoms with Gasteiger partial charge in [0.25, 0.3) is 0 Å². The zero-order valence-electron chi connectivity index (χ0n) is 15.6. The molecule has 3 N–H and O–H groups in total. The molecule has 0 unspecified atom stereocenters. The standard InChI is InChI=1S/C20H23N3O3S/c1-24-17-10-14(11-18(25-2)19(17)26-3)23-20(27)21-9-8-13-12-22-16-7-5-4-6-15(13)16/h4-7,10-12,22H,8-9H2,1-3H3,(H2,21,23,27). The van der Waals surface area contributed by atoms with Crippen LogP contribution in [0.3, 0.4) is 0 Å². The second kappa shape index (κ2) is 8.64. The monoisotopic (exact) mass is 385 g/mol. The zero-order valence-corrected chi connectivity index (χ0v) is 16.4. The number of anilines is 1. The van der Waals surface area contributed by atoms with Crippen LogP contribution in [-0.2, 0) is 6.42 Å². The number of para-hydroxylation sites is 1. The van der Waals surface area contributed by atoms with Gasteiger partial charge in [0.2, 0.25) is 5.75 Å². The molecule has 27 heavy (non-hydrogen) atoms. The van der Waals surface area contributed by atoms with Crippen molar-refractivity contribution in [3.8, 4) is 17.2 Å². The van der Waals surface area contributed by atoms with Crippen LogP contribution in [-0.4, -0.2) is 38.0 Å². The number of fused-ring (bicyclic) bond motifs is 1. The molecule has 1 aromatic heterocycles. The summed E-state index contributed by atoms with van der Waals surface area (Å²) in [5, 5.41) is 8.16. The van der Waals surface area contributed by atoms with Crippen LogP contribution in [0.1, 0.15) is 5.56 Å². The number of nitrogens with one attached hydrogen (secondary N) is 3. The Hall–Kier alpha value is -2.93. The van der Waals surface area contributed by atoms with E-state index in [1.54, 1.807) is 21.3 Å². The number of rotatable bonds is 7. The molecule has 0 spiro atoms. The number of aromatic amines is 1. The number of methoxy groups -OCH3 is 3. The number of hydrogen-bond acceptors (Lipinski definition) is 4. The minimum absolute atomic E-state index is 0.532. The van der Waals surface area contributed by atoms with Gasteiger partial charge < -0.3 is 29.8 Å². The highest BCUT2D eigenvalue weighted by Gasteiger charge is 2.13. The lowest BCUT2D eigenvalue weighted by atomic mass is 10.1. The van der Waals surface area contributed by atoms with Crippen LogP contribution in [0.2, 0.25) is 0 Å². The summed E-state index contributed by atoms with van der Waals surface area (Å²) < 4.78 is 16.0. The SMILES string of the molecule is COc1cc(NC(=S)NCCc2c[nH]c3ccccc23)cc(OC)c1OC. The third kappa shape index (κ3) is 4.25. The minimum atomic E-state index is 0.532. The van der Waals surface area contributed by atoms with Gasteiger partial charge >= 0.3 is 0 Å². The van der Waals surface area contributed by atoms with E-state index in [0.29, 0.717) is 22.4 Å². The lowest BCUT2D eigenvalue weighted by Gasteiger charge is -2.16. The summed E-state index contributed by atoms with van der Waals surface area (Å²) in [6.45, 7) is 0.720. The van der Waals surface area contributed by atoms with E-state index in [0.717, 1.165) is 24.2 Å². The molecule has 7 heteroatoms. The number of thiocarbonyl (C=S) groups is 1. The van der Waals surface area contributed by atoms with Gasteiger partial charge in [-0.25, -0.2) is 0 Å². The van der Waals surface area contributed by atoms with E-state index in [1.807, 2.05) is 30.5 Å². The van der Waals surface area contributed by atoms with E-state index in [-0.39, 0.29) is 0 Å². The van der Waals surface area contributed by atoms with E-state index in [2.05, 4.69) is 27.8 Å². The first-order valence-corrected chi connectivity index (χ1v) is 8.97. The van der Waals surface area contributed by atoms with Gasteiger partial charge in [-0.05, 0) is 30.3 Å². The van der Waals surface area contributed by atoms with Crippen LogP contribution >= 0.6 is 12.2 Å². The van der Waals surface area contributed by atoms with Crippen molar-refractivity contribution in [2.75, 3.05) is 33.2 Å². The van der Waals surface area contributed by atoms with E-state index in [9.17, 15) is 0 Å². The molecule has 6 nitrogen and oxygen atoms in total. The van der Waals surface area contributed by atoms with Gasteiger partial charge in [-0.1, -0.05) is 18.2 Å². The second-order valence-corrected chi connectivity index (χ2v) is 6.31. The number of benzene rings is 2. The molecule has 0 bridgehead atoms. The Morgan fingerprint density at radius 1 is 1.04 bits per heavy atom. The Morgan fingerprint density at radius 3 is 2.41 bits per heavy atom. The molecule has 0 aliphatic rings. The molecule has 0 aliphatic carbocycles. The third-order valence-electron chi connectivity index (χ3n) is 4.28. The molecule has 0 amide bonds. The van der Waals surface area contributed by atoms with Crippen molar-refractivity contribution in [3.63, 3.8) is 0 Å². The molecule has 0 atom stereocenters. The highest BCUT2D eigenvalue weighted by atomic mass is 32.1. The first-order chi connectivity index (χ1) is 13.2. The smallest absolute Gasteiger partial charge is 0.203 e. The second-order valence-electron chi connectivity index (χ2n) is 5.90. The highest BCUT2D eigenvalue weighted by molar-refractivity contribution is 7.80. The fourth-order valence-corrected chi connectivity index (χ4v) is 3.20. The summed E-state index contributed by atoms with van der Waals surface area (Å²) in [6.07, 6.45) is 2.91. The van der Waals surface area contributed by atoms with Gasteiger partial charge in [-0.3, -0.25) is 0 Å². The summed E-state index contributed by atoms with van der Waals surface area (Å²) in [5.74, 6) is 1.69. The summed E-state index contributed by atoms with van der Waals surface area (Å²) in [4.78, 5) is 3.29. The molecular formula is C20H23N3O3S. The molecule has 3 aromatic rings. The fourth-order valence-electron chi connectivity index (χ4n) is 2.98. The molecule has 0 fully saturated rings. The van der Waals surface area contributed by atoms with Gasteiger partial charge in [0.05, 0.1) is 21.3 Å². The average molecular weight is 385 g/mol. The maximum absolute atomic E-state index is 5.40. The van der Waals surface area contributed by atoms with Crippen LogP contribution in [0, 0.1) is 0 Å². The average Bonchev–Trinajstić information content (AvgIpc) is 3.10. The van der Waals surface area contributed by atoms with Gasteiger partial charge in [-0.2, -0.15) is 0 Å². The van der Waals surface area contributed by atoms with Gasteiger partial charge in [0.1, 0.15) is 0 Å². The predicted octanol–water partition coefficient (Wildman–Crippen LogP) is 3.72. The van der Waals surface area contributed by atoms with E-state index < -0.39 is 0 Å². The number of aromatic nitrogens is 1. The molecule has 2 aromatic carbocycles. The summed E-state index contributed by atoms with van der Waals surface area (Å²) in [7, 11) is 4.74. The van der Waals surface area contributed by atoms with E-state index >= 15 is 0 Å². The van der Waals surface area contributed by atoms with Crippen LogP contribution in [0.25, 0.3) is 10.9 Å². The zero-order chi connectivity index (χ0) is 19.2. The Labute approximate surface area is 163 Å². The maximum atomic E-state index is 5.40. The van der Waals surface area contributed by atoms with Crippen molar-refractivity contribution in [1.29, 1.82) is 0 Å². The normalized spacial score (nSPS) is 10.5. The van der Waals surface area contributed by atoms with Gasteiger partial charge in [0, 0.05) is 41.5 Å². The first kappa shape index (κ1) is 18.8. The summed E-state index contributed by atoms with van der Waals surface area (Å²) in [6, 6.07) is 11.9. The molecule has 3 rings (SSSR count). The Kier molecular flexibility index (Phi) is 6.03. The topological polar surface area (TPSA) is 67.5 Å². The number of H-pyrrole nitrogens is 1. The van der Waals surface area contributed by atoms with Crippen LogP contribution in [0.4, 0.5) is 5.69 Å². The Balaban J connectivity index is 1.61. The molecule has 0 radical (unpaired) electrons. The van der Waals surface area contributed by atoms with Crippen LogP contribution in [0.5, 0.6) is 17.2 Å². The maximum Gasteiger partial charge on any atom is 0.203 e. The lowest BCUT2D eigenvalue weighted by Crippen LogP contribution is -2.30. The van der Waals surface area contributed by atoms with Crippen molar-refractivity contribution < 1.29 is 14.2 Å². The van der Waals surface area contributed by atoms with Crippen LogP contribution < -0.4 is 24.8 Å². The minimum Gasteiger partial charge on any atom is -0.493 e. The summed E-state index contributed by atoms with van der Waals surface area (Å²) >= 11 is 5.40. The van der Waals surface area contributed by atoms with Crippen molar-refractivity contribution >= 4 is 33.9 Å². The molecule has 1 heterocycles. The largest absolute Gasteiger partial charge is 0.493 e. The van der Waals surface area contributed by atoms with Crippen molar-refractivity contribution in [3.05, 3.63) is 48.2 Å². The molecular weight excluding hydrogens is 362 g/mol. The predicted molar refractivity (Wildman–Crippen MR) is 112 cm³/mol. The van der Waals surface area contributed by atoms with Crippen molar-refractivity contribution in [2.24, 2.45) is 0 Å². The molecule has 0 saturated heterocycles.